The van der Waals surface area contributed by atoms with E-state index in [-0.39, 0.29) is 11.7 Å². The molecule has 1 N–H and O–H groups in total. The van der Waals surface area contributed by atoms with Crippen molar-refractivity contribution in [2.24, 2.45) is 0 Å². The largest absolute Gasteiger partial charge is 0.352 e. The molecule has 0 saturated carbocycles. The summed E-state index contributed by atoms with van der Waals surface area (Å²) in [6.45, 7) is 7.34. The summed E-state index contributed by atoms with van der Waals surface area (Å²) < 4.78 is 27.5. The molecule has 0 saturated heterocycles. The standard InChI is InChI=1S/C13H26N2O5S/c1-12(2)13(16)14-8-6-9-15(3,4)10-7-11-21(17,18)20-19-5/h1,6-11H2,2-5H3/p+1. The van der Waals surface area contributed by atoms with E-state index in [9.17, 15) is 13.2 Å². The third-order valence-corrected chi connectivity index (χ3v) is 4.07. The van der Waals surface area contributed by atoms with E-state index in [2.05, 4.69) is 21.1 Å². The van der Waals surface area contributed by atoms with Crippen LogP contribution < -0.4 is 5.32 Å². The van der Waals surface area contributed by atoms with E-state index in [4.69, 9.17) is 0 Å². The Bertz CT molecular complexity index is 445. The fourth-order valence-corrected chi connectivity index (χ4v) is 2.54. The van der Waals surface area contributed by atoms with Gasteiger partial charge in [0.25, 0.3) is 10.1 Å². The number of hydrogen-bond acceptors (Lipinski definition) is 5. The molecule has 0 aromatic heterocycles. The molecule has 8 heteroatoms. The zero-order valence-electron chi connectivity index (χ0n) is 13.3. The van der Waals surface area contributed by atoms with Crippen LogP contribution in [-0.2, 0) is 24.1 Å². The lowest BCUT2D eigenvalue weighted by atomic mass is 10.3. The van der Waals surface area contributed by atoms with Crippen LogP contribution in [-0.4, -0.2) is 65.4 Å². The quantitative estimate of drug-likeness (QED) is 0.196. The van der Waals surface area contributed by atoms with Crippen molar-refractivity contribution in [1.82, 2.24) is 5.32 Å². The summed E-state index contributed by atoms with van der Waals surface area (Å²) in [6, 6.07) is 0. The minimum absolute atomic E-state index is 0.0745. The number of nitrogens with one attached hydrogen (secondary N) is 1. The number of rotatable bonds is 11. The highest BCUT2D eigenvalue weighted by Gasteiger charge is 2.18. The fourth-order valence-electron chi connectivity index (χ4n) is 1.78. The van der Waals surface area contributed by atoms with Gasteiger partial charge in [-0.1, -0.05) is 6.58 Å². The minimum atomic E-state index is -3.60. The van der Waals surface area contributed by atoms with E-state index < -0.39 is 10.1 Å². The molecule has 0 aliphatic rings. The smallest absolute Gasteiger partial charge is 0.293 e. The molecule has 0 unspecified atom stereocenters. The van der Waals surface area contributed by atoms with E-state index in [1.54, 1.807) is 6.92 Å². The first-order valence-corrected chi connectivity index (χ1v) is 8.38. The molecule has 0 fully saturated rings. The Hall–Kier alpha value is -0.960. The molecule has 0 heterocycles. The molecule has 1 amide bonds. The summed E-state index contributed by atoms with van der Waals surface area (Å²) in [5, 5.41) is 2.77. The van der Waals surface area contributed by atoms with Crippen LogP contribution in [0.1, 0.15) is 19.8 Å². The number of carbonyl (C=O) groups is 1. The maximum absolute atomic E-state index is 11.3. The van der Waals surface area contributed by atoms with Crippen molar-refractivity contribution in [1.29, 1.82) is 0 Å². The maximum atomic E-state index is 11.3. The highest BCUT2D eigenvalue weighted by molar-refractivity contribution is 7.86. The third-order valence-electron chi connectivity index (χ3n) is 2.94. The first kappa shape index (κ1) is 20.0. The molecule has 0 aromatic carbocycles. The van der Waals surface area contributed by atoms with Crippen molar-refractivity contribution in [2.75, 3.05) is 46.6 Å². The van der Waals surface area contributed by atoms with E-state index >= 15 is 0 Å². The van der Waals surface area contributed by atoms with Crippen LogP contribution in [0.5, 0.6) is 0 Å². The second-order valence-corrected chi connectivity index (χ2v) is 7.28. The normalized spacial score (nSPS) is 12.2. The minimum Gasteiger partial charge on any atom is -0.352 e. The van der Waals surface area contributed by atoms with E-state index in [1.165, 1.54) is 0 Å². The Morgan fingerprint density at radius 2 is 1.81 bits per heavy atom. The number of carbonyl (C=O) groups excluding carboxylic acids is 1. The lowest BCUT2D eigenvalue weighted by molar-refractivity contribution is -0.890. The van der Waals surface area contributed by atoms with Crippen LogP contribution in [0.15, 0.2) is 12.2 Å². The molecule has 124 valence electrons. The molecule has 0 aliphatic heterocycles. The summed E-state index contributed by atoms with van der Waals surface area (Å²) in [5.74, 6) is -0.210. The van der Waals surface area contributed by atoms with Crippen LogP contribution in [0.2, 0.25) is 0 Å². The van der Waals surface area contributed by atoms with Gasteiger partial charge in [-0.25, -0.2) is 4.89 Å². The average molecular weight is 323 g/mol. The Kier molecular flexibility index (Phi) is 8.72. The Morgan fingerprint density at radius 1 is 1.24 bits per heavy atom. The first-order chi connectivity index (χ1) is 9.59. The van der Waals surface area contributed by atoms with Gasteiger partial charge in [0.15, 0.2) is 0 Å². The van der Waals surface area contributed by atoms with Crippen LogP contribution in [0, 0.1) is 0 Å². The molecule has 0 rings (SSSR count). The second-order valence-electron chi connectivity index (χ2n) is 5.62. The predicted octanol–water partition coefficient (Wildman–Crippen LogP) is 0.443. The lowest BCUT2D eigenvalue weighted by Gasteiger charge is -2.29. The van der Waals surface area contributed by atoms with Gasteiger partial charge in [-0.2, -0.15) is 8.42 Å². The van der Waals surface area contributed by atoms with Gasteiger partial charge in [0, 0.05) is 25.0 Å². The molecule has 21 heavy (non-hydrogen) atoms. The summed E-state index contributed by atoms with van der Waals surface area (Å²) in [5.41, 5.74) is 0.493. The molecule has 0 atom stereocenters. The van der Waals surface area contributed by atoms with Crippen LogP contribution in [0.4, 0.5) is 0 Å². The molecule has 0 spiro atoms. The van der Waals surface area contributed by atoms with Gasteiger partial charge in [0.1, 0.15) is 0 Å². The first-order valence-electron chi connectivity index (χ1n) is 6.80. The molecule has 7 nitrogen and oxygen atoms in total. The highest BCUT2D eigenvalue weighted by Crippen LogP contribution is 2.04. The number of nitrogens with zero attached hydrogens (tertiary/aromatic N) is 1. The zero-order valence-corrected chi connectivity index (χ0v) is 14.2. The van der Waals surface area contributed by atoms with Crippen molar-refractivity contribution < 1.29 is 26.9 Å². The van der Waals surface area contributed by atoms with Crippen molar-refractivity contribution in [3.05, 3.63) is 12.2 Å². The second kappa shape index (κ2) is 9.14. The van der Waals surface area contributed by atoms with Crippen molar-refractivity contribution in [3.63, 3.8) is 0 Å². The highest BCUT2D eigenvalue weighted by atomic mass is 32.2. The van der Waals surface area contributed by atoms with Gasteiger partial charge in [-0.15, -0.1) is 4.33 Å². The predicted molar refractivity (Wildman–Crippen MR) is 80.8 cm³/mol. The Balaban J connectivity index is 3.94. The fraction of sp³-hybridized carbons (Fsp3) is 0.769. The lowest BCUT2D eigenvalue weighted by Crippen LogP contribution is -2.43. The number of quaternary nitrogens is 1. The SMILES string of the molecule is C=C(C)C(=O)NCCC[N+](C)(C)CCCS(=O)(=O)OOC. The van der Waals surface area contributed by atoms with Gasteiger partial charge in [-0.3, -0.25) is 4.79 Å². The third kappa shape index (κ3) is 10.4. The molecule has 0 bridgehead atoms. The molecule has 0 aliphatic carbocycles. The Morgan fingerprint density at radius 3 is 2.33 bits per heavy atom. The van der Waals surface area contributed by atoms with Gasteiger partial charge >= 0.3 is 0 Å². The van der Waals surface area contributed by atoms with E-state index in [0.29, 0.717) is 29.6 Å². The summed E-state index contributed by atoms with van der Waals surface area (Å²) >= 11 is 0. The number of amides is 1. The monoisotopic (exact) mass is 323 g/mol. The maximum Gasteiger partial charge on any atom is 0.293 e. The van der Waals surface area contributed by atoms with Crippen molar-refractivity contribution >= 4 is 16.0 Å². The molecule has 0 radical (unpaired) electrons. The van der Waals surface area contributed by atoms with Crippen molar-refractivity contribution in [3.8, 4) is 0 Å². The molecular weight excluding hydrogens is 296 g/mol. The van der Waals surface area contributed by atoms with Gasteiger partial charge < -0.3 is 9.80 Å². The Labute approximate surface area is 127 Å². The molecular formula is C13H27N2O5S+. The van der Waals surface area contributed by atoms with E-state index in [0.717, 1.165) is 20.1 Å². The summed E-state index contributed by atoms with van der Waals surface area (Å²) in [4.78, 5) is 15.5. The van der Waals surface area contributed by atoms with Crippen LogP contribution in [0.25, 0.3) is 0 Å². The van der Waals surface area contributed by atoms with Gasteiger partial charge in [0.2, 0.25) is 5.91 Å². The summed E-state index contributed by atoms with van der Waals surface area (Å²) in [6.07, 6.45) is 1.30. The van der Waals surface area contributed by atoms with Crippen LogP contribution >= 0.6 is 0 Å². The van der Waals surface area contributed by atoms with Gasteiger partial charge in [0.05, 0.1) is 40.0 Å². The van der Waals surface area contributed by atoms with Crippen molar-refractivity contribution in [2.45, 2.75) is 19.8 Å². The summed E-state index contributed by atoms with van der Waals surface area (Å²) in [7, 11) is 1.60. The van der Waals surface area contributed by atoms with E-state index in [1.807, 2.05) is 14.1 Å². The van der Waals surface area contributed by atoms with Crippen LogP contribution in [0.3, 0.4) is 0 Å². The number of hydrogen-bond donors (Lipinski definition) is 1. The topological polar surface area (TPSA) is 81.7 Å². The average Bonchev–Trinajstić information content (AvgIpc) is 2.33. The zero-order chi connectivity index (χ0) is 16.5. The van der Waals surface area contributed by atoms with Gasteiger partial charge in [-0.05, 0) is 6.92 Å². The molecule has 0 aromatic rings.